The molecule has 102 valence electrons. The molecule has 0 radical (unpaired) electrons. The van der Waals surface area contributed by atoms with Crippen LogP contribution in [0.3, 0.4) is 0 Å². The highest BCUT2D eigenvalue weighted by Crippen LogP contribution is 2.39. The van der Waals surface area contributed by atoms with E-state index in [2.05, 4.69) is 5.32 Å². The maximum Gasteiger partial charge on any atom is 0.329 e. The molecule has 1 aliphatic rings. The predicted octanol–water partition coefficient (Wildman–Crippen LogP) is 1.95. The molecule has 1 unspecified atom stereocenters. The molecule has 4 nitrogen and oxygen atoms in total. The normalized spacial score (nSPS) is 17.6. The maximum absolute atomic E-state index is 13.0. The average Bonchev–Trinajstić information content (AvgIpc) is 3.16. The molecule has 0 spiro atoms. The van der Waals surface area contributed by atoms with Gasteiger partial charge in [-0.3, -0.25) is 4.79 Å². The molecule has 19 heavy (non-hydrogen) atoms. The van der Waals surface area contributed by atoms with Crippen molar-refractivity contribution in [1.29, 1.82) is 0 Å². The molecule has 1 aliphatic carbocycles. The summed E-state index contributed by atoms with van der Waals surface area (Å²) in [7, 11) is 0. The molecule has 2 rings (SSSR count). The number of carbonyl (C=O) groups excluding carboxylic acids is 1. The van der Waals surface area contributed by atoms with Crippen LogP contribution in [0, 0.1) is 17.6 Å². The van der Waals surface area contributed by atoms with E-state index >= 15 is 0 Å². The first-order valence-corrected chi connectivity index (χ1v) is 5.85. The van der Waals surface area contributed by atoms with Crippen LogP contribution in [0.2, 0.25) is 0 Å². The highest BCUT2D eigenvalue weighted by Gasteiger charge is 2.48. The van der Waals surface area contributed by atoms with Gasteiger partial charge in [-0.15, -0.1) is 0 Å². The molecule has 2 N–H and O–H groups in total. The van der Waals surface area contributed by atoms with Crippen molar-refractivity contribution in [2.24, 2.45) is 5.92 Å². The summed E-state index contributed by atoms with van der Waals surface area (Å²) < 4.78 is 25.8. The van der Waals surface area contributed by atoms with Crippen molar-refractivity contribution in [1.82, 2.24) is 5.32 Å². The minimum absolute atomic E-state index is 0.105. The third-order valence-corrected chi connectivity index (χ3v) is 3.39. The largest absolute Gasteiger partial charge is 0.480 e. The molecule has 1 aromatic rings. The number of amides is 1. The van der Waals surface area contributed by atoms with Gasteiger partial charge in [0, 0.05) is 5.56 Å². The highest BCUT2D eigenvalue weighted by molar-refractivity contribution is 5.98. The Bertz CT molecular complexity index is 543. The van der Waals surface area contributed by atoms with E-state index < -0.39 is 29.0 Å². The van der Waals surface area contributed by atoms with Gasteiger partial charge in [0.1, 0.15) is 5.54 Å². The SMILES string of the molecule is CC(NC(=O)c1ccc(F)c(F)c1)(C(=O)O)C1CC1. The second kappa shape index (κ2) is 4.60. The van der Waals surface area contributed by atoms with Gasteiger partial charge in [-0.25, -0.2) is 13.6 Å². The Hall–Kier alpha value is -1.98. The fourth-order valence-electron chi connectivity index (χ4n) is 1.94. The lowest BCUT2D eigenvalue weighted by molar-refractivity contribution is -0.144. The van der Waals surface area contributed by atoms with Crippen LogP contribution in [0.4, 0.5) is 8.78 Å². The Morgan fingerprint density at radius 3 is 2.42 bits per heavy atom. The summed E-state index contributed by atoms with van der Waals surface area (Å²) in [5, 5.41) is 11.6. The van der Waals surface area contributed by atoms with Crippen LogP contribution in [0.15, 0.2) is 18.2 Å². The number of hydrogen-bond donors (Lipinski definition) is 2. The molecule has 1 fully saturated rings. The van der Waals surface area contributed by atoms with Gasteiger partial charge in [-0.05, 0) is 43.9 Å². The molecule has 1 saturated carbocycles. The van der Waals surface area contributed by atoms with Gasteiger partial charge >= 0.3 is 5.97 Å². The minimum Gasteiger partial charge on any atom is -0.480 e. The second-order valence-electron chi connectivity index (χ2n) is 4.86. The monoisotopic (exact) mass is 269 g/mol. The number of rotatable bonds is 4. The first-order chi connectivity index (χ1) is 8.84. The first-order valence-electron chi connectivity index (χ1n) is 5.85. The maximum atomic E-state index is 13.0. The van der Waals surface area contributed by atoms with Crippen LogP contribution < -0.4 is 5.32 Å². The van der Waals surface area contributed by atoms with Crippen LogP contribution >= 0.6 is 0 Å². The zero-order valence-electron chi connectivity index (χ0n) is 10.2. The van der Waals surface area contributed by atoms with Crippen LogP contribution in [0.5, 0.6) is 0 Å². The number of carboxylic acid groups (broad SMARTS) is 1. The summed E-state index contributed by atoms with van der Waals surface area (Å²) in [5.41, 5.74) is -1.48. The minimum atomic E-state index is -1.37. The molecule has 6 heteroatoms. The lowest BCUT2D eigenvalue weighted by Gasteiger charge is -2.26. The Labute approximate surface area is 108 Å². The lowest BCUT2D eigenvalue weighted by Crippen LogP contribution is -2.54. The Kier molecular flexibility index (Phi) is 3.26. The molecule has 0 bridgehead atoms. The zero-order chi connectivity index (χ0) is 14.2. The fourth-order valence-corrected chi connectivity index (χ4v) is 1.94. The molecule has 1 amide bonds. The smallest absolute Gasteiger partial charge is 0.329 e. The van der Waals surface area contributed by atoms with Crippen molar-refractivity contribution in [3.63, 3.8) is 0 Å². The number of nitrogens with one attached hydrogen (secondary N) is 1. The number of hydrogen-bond acceptors (Lipinski definition) is 2. The standard InChI is InChI=1S/C13H13F2NO3/c1-13(12(18)19,8-3-4-8)16-11(17)7-2-5-9(14)10(15)6-7/h2,5-6,8H,3-4H2,1H3,(H,16,17)(H,18,19). The van der Waals surface area contributed by atoms with Gasteiger partial charge in [0.2, 0.25) is 0 Å². The fraction of sp³-hybridized carbons (Fsp3) is 0.385. The number of carbonyl (C=O) groups is 2. The number of halogens is 2. The van der Waals surface area contributed by atoms with Crippen molar-refractivity contribution in [3.05, 3.63) is 35.4 Å². The van der Waals surface area contributed by atoms with E-state index in [9.17, 15) is 23.5 Å². The van der Waals surface area contributed by atoms with E-state index in [0.717, 1.165) is 31.0 Å². The molecule has 0 heterocycles. The van der Waals surface area contributed by atoms with Crippen molar-refractivity contribution in [2.45, 2.75) is 25.3 Å². The van der Waals surface area contributed by atoms with Crippen LogP contribution in [0.25, 0.3) is 0 Å². The van der Waals surface area contributed by atoms with E-state index in [1.54, 1.807) is 0 Å². The first kappa shape index (κ1) is 13.5. The summed E-state index contributed by atoms with van der Waals surface area (Å²) >= 11 is 0. The van der Waals surface area contributed by atoms with E-state index in [1.807, 2.05) is 0 Å². The number of benzene rings is 1. The van der Waals surface area contributed by atoms with Crippen molar-refractivity contribution < 1.29 is 23.5 Å². The molecule has 0 aliphatic heterocycles. The number of carboxylic acids is 1. The zero-order valence-corrected chi connectivity index (χ0v) is 10.2. The van der Waals surface area contributed by atoms with Crippen molar-refractivity contribution in [2.75, 3.05) is 0 Å². The average molecular weight is 269 g/mol. The molecule has 0 saturated heterocycles. The second-order valence-corrected chi connectivity index (χ2v) is 4.86. The summed E-state index contributed by atoms with van der Waals surface area (Å²) in [6.07, 6.45) is 1.45. The molecule has 1 aromatic carbocycles. The van der Waals surface area contributed by atoms with Crippen molar-refractivity contribution in [3.8, 4) is 0 Å². The van der Waals surface area contributed by atoms with Gasteiger partial charge in [-0.1, -0.05) is 0 Å². The van der Waals surface area contributed by atoms with E-state index in [0.29, 0.717) is 0 Å². The molecule has 1 atom stereocenters. The topological polar surface area (TPSA) is 66.4 Å². The summed E-state index contributed by atoms with van der Waals surface area (Å²) in [4.78, 5) is 23.1. The third kappa shape index (κ3) is 2.57. The van der Waals surface area contributed by atoms with Gasteiger partial charge in [0.25, 0.3) is 5.91 Å². The quantitative estimate of drug-likeness (QED) is 0.878. The summed E-state index contributed by atoms with van der Waals surface area (Å²) in [5.74, 6) is -4.18. The predicted molar refractivity (Wildman–Crippen MR) is 62.6 cm³/mol. The lowest BCUT2D eigenvalue weighted by atomic mass is 9.95. The van der Waals surface area contributed by atoms with Gasteiger partial charge < -0.3 is 10.4 Å². The Balaban J connectivity index is 2.20. The molecular weight excluding hydrogens is 256 g/mol. The molecule has 0 aromatic heterocycles. The van der Waals surface area contributed by atoms with Gasteiger partial charge in [0.15, 0.2) is 11.6 Å². The van der Waals surface area contributed by atoms with Gasteiger partial charge in [0.05, 0.1) is 0 Å². The van der Waals surface area contributed by atoms with E-state index in [-0.39, 0.29) is 11.5 Å². The van der Waals surface area contributed by atoms with E-state index in [1.165, 1.54) is 6.92 Å². The van der Waals surface area contributed by atoms with Crippen LogP contribution in [-0.4, -0.2) is 22.5 Å². The molecular formula is C13H13F2NO3. The summed E-state index contributed by atoms with van der Waals surface area (Å²) in [6.45, 7) is 1.42. The summed E-state index contributed by atoms with van der Waals surface area (Å²) in [6, 6.07) is 2.70. The Morgan fingerprint density at radius 2 is 1.95 bits per heavy atom. The van der Waals surface area contributed by atoms with Crippen LogP contribution in [-0.2, 0) is 4.79 Å². The van der Waals surface area contributed by atoms with E-state index in [4.69, 9.17) is 0 Å². The van der Waals surface area contributed by atoms with Crippen LogP contribution in [0.1, 0.15) is 30.1 Å². The van der Waals surface area contributed by atoms with Gasteiger partial charge in [-0.2, -0.15) is 0 Å². The number of aliphatic carboxylic acids is 1. The third-order valence-electron chi connectivity index (χ3n) is 3.39. The highest BCUT2D eigenvalue weighted by atomic mass is 19.2. The Morgan fingerprint density at radius 1 is 1.32 bits per heavy atom. The van der Waals surface area contributed by atoms with Crippen molar-refractivity contribution >= 4 is 11.9 Å².